The Morgan fingerprint density at radius 1 is 1.03 bits per heavy atom. The van der Waals surface area contributed by atoms with Crippen molar-refractivity contribution < 1.29 is 14.4 Å². The van der Waals surface area contributed by atoms with E-state index in [2.05, 4.69) is 5.43 Å². The number of anilines is 1. The van der Waals surface area contributed by atoms with Crippen molar-refractivity contribution in [2.75, 3.05) is 11.4 Å². The molecule has 2 aliphatic heterocycles. The van der Waals surface area contributed by atoms with Gasteiger partial charge in [0.15, 0.2) is 4.32 Å². The molecule has 4 rings (SSSR count). The summed E-state index contributed by atoms with van der Waals surface area (Å²) >= 11 is 6.34. The molecule has 0 spiro atoms. The molecule has 0 radical (unpaired) electrons. The zero-order chi connectivity index (χ0) is 20.5. The first-order chi connectivity index (χ1) is 14.0. The van der Waals surface area contributed by atoms with E-state index in [1.807, 2.05) is 31.2 Å². The van der Waals surface area contributed by atoms with Crippen LogP contribution < -0.4 is 10.3 Å². The highest BCUT2D eigenvalue weighted by atomic mass is 32.2. The highest BCUT2D eigenvalue weighted by Crippen LogP contribution is 2.44. The van der Waals surface area contributed by atoms with Gasteiger partial charge in [-0.15, -0.1) is 0 Å². The Balaban J connectivity index is 1.69. The van der Waals surface area contributed by atoms with Crippen molar-refractivity contribution in [3.63, 3.8) is 0 Å². The van der Waals surface area contributed by atoms with Gasteiger partial charge < -0.3 is 4.90 Å². The summed E-state index contributed by atoms with van der Waals surface area (Å²) in [4.78, 5) is 40.5. The lowest BCUT2D eigenvalue weighted by Crippen LogP contribution is -2.45. The van der Waals surface area contributed by atoms with Crippen LogP contribution in [0.3, 0.4) is 0 Å². The lowest BCUT2D eigenvalue weighted by atomic mass is 10.1. The van der Waals surface area contributed by atoms with Crippen LogP contribution in [0.4, 0.5) is 5.69 Å². The van der Waals surface area contributed by atoms with Gasteiger partial charge in [-0.3, -0.25) is 19.8 Å². The van der Waals surface area contributed by atoms with Crippen LogP contribution in [0.25, 0.3) is 5.57 Å². The highest BCUT2D eigenvalue weighted by Gasteiger charge is 2.42. The van der Waals surface area contributed by atoms with Crippen molar-refractivity contribution in [1.29, 1.82) is 0 Å². The van der Waals surface area contributed by atoms with E-state index in [0.29, 0.717) is 23.2 Å². The van der Waals surface area contributed by atoms with E-state index < -0.39 is 11.8 Å². The van der Waals surface area contributed by atoms with E-state index in [1.54, 1.807) is 35.2 Å². The number of para-hydroxylation sites is 1. The fourth-order valence-corrected chi connectivity index (χ4v) is 4.57. The topological polar surface area (TPSA) is 69.7 Å². The molecule has 1 N–H and O–H groups in total. The second kappa shape index (κ2) is 7.81. The molecule has 1 fully saturated rings. The summed E-state index contributed by atoms with van der Waals surface area (Å²) in [7, 11) is 0. The van der Waals surface area contributed by atoms with E-state index in [1.165, 1.54) is 0 Å². The zero-order valence-corrected chi connectivity index (χ0v) is 17.2. The third kappa shape index (κ3) is 3.34. The number of hydrogen-bond donors (Lipinski definition) is 1. The molecule has 3 amide bonds. The van der Waals surface area contributed by atoms with Gasteiger partial charge in [0.1, 0.15) is 0 Å². The molecule has 6 nitrogen and oxygen atoms in total. The van der Waals surface area contributed by atoms with E-state index >= 15 is 0 Å². The van der Waals surface area contributed by atoms with Crippen molar-refractivity contribution in [3.05, 3.63) is 70.6 Å². The Labute approximate surface area is 177 Å². The van der Waals surface area contributed by atoms with Crippen LogP contribution in [0.5, 0.6) is 0 Å². The summed E-state index contributed by atoms with van der Waals surface area (Å²) in [5.74, 6) is -1.16. The number of carbonyl (C=O) groups excluding carboxylic acids is 3. The molecule has 0 saturated carbocycles. The Morgan fingerprint density at radius 2 is 1.72 bits per heavy atom. The molecule has 0 aliphatic carbocycles. The van der Waals surface area contributed by atoms with Gasteiger partial charge in [-0.05, 0) is 36.8 Å². The molecule has 8 heteroatoms. The standard InChI is InChI=1S/C21H17N3O3S2/c1-2-12-23-15-11-7-6-10-14(15)16(19(23)26)17-20(27)24(21(28)29-17)22-18(25)13-8-4-3-5-9-13/h3-11H,2,12H2,1H3,(H,22,25)/b17-16-. The molecule has 0 aromatic heterocycles. The number of amides is 3. The number of benzene rings is 2. The van der Waals surface area contributed by atoms with E-state index in [-0.39, 0.29) is 15.1 Å². The van der Waals surface area contributed by atoms with Crippen molar-refractivity contribution in [3.8, 4) is 0 Å². The molecule has 2 aromatic rings. The number of carbonyl (C=O) groups is 3. The molecule has 0 bridgehead atoms. The SMILES string of the molecule is CCCN1C(=O)/C(=C2\SC(=S)N(NC(=O)c3ccccc3)C2=O)c2ccccc21. The minimum Gasteiger partial charge on any atom is -0.308 e. The molecule has 29 heavy (non-hydrogen) atoms. The average molecular weight is 424 g/mol. The van der Waals surface area contributed by atoms with Gasteiger partial charge in [0, 0.05) is 17.7 Å². The molecule has 2 aromatic carbocycles. The van der Waals surface area contributed by atoms with Crippen LogP contribution in [-0.2, 0) is 9.59 Å². The maximum atomic E-state index is 13.1. The Bertz CT molecular complexity index is 1070. The number of rotatable bonds is 4. The summed E-state index contributed by atoms with van der Waals surface area (Å²) < 4.78 is 0.181. The molecular formula is C21H17N3O3S2. The Morgan fingerprint density at radius 3 is 2.45 bits per heavy atom. The first-order valence-corrected chi connectivity index (χ1v) is 10.3. The predicted octanol–water partition coefficient (Wildman–Crippen LogP) is 3.36. The van der Waals surface area contributed by atoms with Crippen LogP contribution in [0.15, 0.2) is 59.5 Å². The molecule has 1 saturated heterocycles. The maximum Gasteiger partial charge on any atom is 0.286 e. The molecule has 146 valence electrons. The smallest absolute Gasteiger partial charge is 0.286 e. The summed E-state index contributed by atoms with van der Waals surface area (Å²) in [5.41, 5.74) is 4.79. The minimum absolute atomic E-state index is 0.181. The second-order valence-corrected chi connectivity index (χ2v) is 8.14. The first kappa shape index (κ1) is 19.4. The maximum absolute atomic E-state index is 13.1. The summed E-state index contributed by atoms with van der Waals surface area (Å²) in [6, 6.07) is 15.9. The van der Waals surface area contributed by atoms with Crippen LogP contribution in [-0.4, -0.2) is 33.6 Å². The third-order valence-corrected chi connectivity index (χ3v) is 5.99. The van der Waals surface area contributed by atoms with Crippen molar-refractivity contribution >= 4 is 57.3 Å². The number of nitrogens with one attached hydrogen (secondary N) is 1. The van der Waals surface area contributed by atoms with Gasteiger partial charge >= 0.3 is 0 Å². The van der Waals surface area contributed by atoms with Gasteiger partial charge in [0.25, 0.3) is 17.7 Å². The van der Waals surface area contributed by atoms with Gasteiger partial charge in [-0.2, -0.15) is 5.01 Å². The fourth-order valence-electron chi connectivity index (χ4n) is 3.32. The zero-order valence-electron chi connectivity index (χ0n) is 15.5. The van der Waals surface area contributed by atoms with Crippen molar-refractivity contribution in [2.24, 2.45) is 0 Å². The lowest BCUT2D eigenvalue weighted by molar-refractivity contribution is -0.124. The number of nitrogens with zero attached hydrogens (tertiary/aromatic N) is 2. The number of thioether (sulfide) groups is 1. The first-order valence-electron chi connectivity index (χ1n) is 9.10. The van der Waals surface area contributed by atoms with Crippen LogP contribution in [0.1, 0.15) is 29.3 Å². The van der Waals surface area contributed by atoms with Gasteiger partial charge in [0.05, 0.1) is 16.2 Å². The normalized spacial score (nSPS) is 18.4. The Hall–Kier alpha value is -2.97. The Kier molecular flexibility index (Phi) is 5.21. The van der Waals surface area contributed by atoms with Crippen LogP contribution in [0, 0.1) is 0 Å². The number of hydrazine groups is 1. The minimum atomic E-state index is -0.499. The van der Waals surface area contributed by atoms with Crippen LogP contribution >= 0.6 is 24.0 Å². The lowest BCUT2D eigenvalue weighted by Gasteiger charge is -2.16. The summed E-state index contributed by atoms with van der Waals surface area (Å²) in [5, 5.41) is 1.04. The summed E-state index contributed by atoms with van der Waals surface area (Å²) in [6.45, 7) is 2.55. The monoisotopic (exact) mass is 423 g/mol. The van der Waals surface area contributed by atoms with Crippen molar-refractivity contribution in [1.82, 2.24) is 10.4 Å². The predicted molar refractivity (Wildman–Crippen MR) is 117 cm³/mol. The molecule has 2 heterocycles. The average Bonchev–Trinajstić information content (AvgIpc) is 3.17. The number of fused-ring (bicyclic) bond motifs is 1. The van der Waals surface area contributed by atoms with E-state index in [9.17, 15) is 14.4 Å². The molecular weight excluding hydrogens is 406 g/mol. The van der Waals surface area contributed by atoms with Crippen molar-refractivity contribution in [2.45, 2.75) is 13.3 Å². The van der Waals surface area contributed by atoms with Gasteiger partial charge in [0.2, 0.25) is 0 Å². The number of hydrogen-bond acceptors (Lipinski definition) is 5. The second-order valence-electron chi connectivity index (χ2n) is 6.49. The number of thiocarbonyl (C=S) groups is 1. The quantitative estimate of drug-likeness (QED) is 0.603. The third-order valence-electron chi connectivity index (χ3n) is 4.62. The van der Waals surface area contributed by atoms with E-state index in [0.717, 1.165) is 28.9 Å². The van der Waals surface area contributed by atoms with Gasteiger partial charge in [-0.1, -0.05) is 55.1 Å². The van der Waals surface area contributed by atoms with E-state index in [4.69, 9.17) is 12.2 Å². The highest BCUT2D eigenvalue weighted by molar-refractivity contribution is 8.26. The molecule has 0 unspecified atom stereocenters. The fraction of sp³-hybridized carbons (Fsp3) is 0.143. The molecule has 0 atom stereocenters. The van der Waals surface area contributed by atoms with Crippen LogP contribution in [0.2, 0.25) is 0 Å². The largest absolute Gasteiger partial charge is 0.308 e. The molecule has 2 aliphatic rings. The summed E-state index contributed by atoms with van der Waals surface area (Å²) in [6.07, 6.45) is 0.793. The van der Waals surface area contributed by atoms with Gasteiger partial charge in [-0.25, -0.2) is 0 Å².